The predicted octanol–water partition coefficient (Wildman–Crippen LogP) is 4.10. The van der Waals surface area contributed by atoms with Crippen LogP contribution in [0.4, 0.5) is 0 Å². The molecule has 0 aliphatic heterocycles. The summed E-state index contributed by atoms with van der Waals surface area (Å²) in [7, 11) is 2.23. The third kappa shape index (κ3) is 4.21. The summed E-state index contributed by atoms with van der Waals surface area (Å²) >= 11 is 5.96. The van der Waals surface area contributed by atoms with Crippen molar-refractivity contribution in [2.24, 2.45) is 17.6 Å². The van der Waals surface area contributed by atoms with E-state index in [1.54, 1.807) is 0 Å². The Morgan fingerprint density at radius 2 is 1.70 bits per heavy atom. The Hall–Kier alpha value is -0.570. The molecule has 112 valence electrons. The van der Waals surface area contributed by atoms with E-state index in [1.165, 1.54) is 37.8 Å². The molecule has 1 aromatic rings. The lowest BCUT2D eigenvalue weighted by atomic mass is 9.81. The highest BCUT2D eigenvalue weighted by Gasteiger charge is 2.22. The number of rotatable bonds is 5. The van der Waals surface area contributed by atoms with Gasteiger partial charge in [0.2, 0.25) is 0 Å². The Balaban J connectivity index is 1.85. The summed E-state index contributed by atoms with van der Waals surface area (Å²) in [6, 6.07) is 8.67. The molecule has 1 aromatic carbocycles. The van der Waals surface area contributed by atoms with E-state index < -0.39 is 0 Å². The summed E-state index contributed by atoms with van der Waals surface area (Å²) in [6.45, 7) is 4.32. The fourth-order valence-corrected chi connectivity index (χ4v) is 3.34. The van der Waals surface area contributed by atoms with E-state index in [1.807, 2.05) is 12.1 Å². The topological polar surface area (TPSA) is 29.3 Å². The molecule has 1 saturated carbocycles. The maximum Gasteiger partial charge on any atom is 0.0406 e. The molecule has 2 N–H and O–H groups in total. The molecule has 0 saturated heterocycles. The lowest BCUT2D eigenvalue weighted by molar-refractivity contribution is 0.174. The number of nitrogens with two attached hydrogens (primary N) is 1. The molecular formula is C17H27ClN2. The van der Waals surface area contributed by atoms with Crippen molar-refractivity contribution < 1.29 is 0 Å². The molecule has 0 heterocycles. The van der Waals surface area contributed by atoms with E-state index in [4.69, 9.17) is 17.3 Å². The fourth-order valence-electron chi connectivity index (χ4n) is 3.21. The third-order valence-corrected chi connectivity index (χ3v) is 5.11. The van der Waals surface area contributed by atoms with Gasteiger partial charge >= 0.3 is 0 Å². The molecule has 2 rings (SSSR count). The van der Waals surface area contributed by atoms with Crippen LogP contribution in [-0.4, -0.2) is 25.0 Å². The van der Waals surface area contributed by atoms with Crippen LogP contribution >= 0.6 is 11.6 Å². The number of nitrogens with zero attached hydrogens (tertiary/aromatic N) is 1. The minimum Gasteiger partial charge on any atom is -0.330 e. The zero-order chi connectivity index (χ0) is 14.5. The first kappa shape index (κ1) is 15.8. The molecular weight excluding hydrogens is 268 g/mol. The quantitative estimate of drug-likeness (QED) is 0.886. The summed E-state index contributed by atoms with van der Waals surface area (Å²) in [4.78, 5) is 2.47. The van der Waals surface area contributed by atoms with Crippen LogP contribution in [0, 0.1) is 11.8 Å². The highest BCUT2D eigenvalue weighted by Crippen LogP contribution is 2.30. The van der Waals surface area contributed by atoms with E-state index in [2.05, 4.69) is 31.0 Å². The van der Waals surface area contributed by atoms with Crippen molar-refractivity contribution >= 4 is 11.6 Å². The van der Waals surface area contributed by atoms with Gasteiger partial charge in [0, 0.05) is 17.6 Å². The van der Waals surface area contributed by atoms with Crippen LogP contribution < -0.4 is 5.73 Å². The van der Waals surface area contributed by atoms with Crippen molar-refractivity contribution in [3.05, 3.63) is 34.9 Å². The maximum absolute atomic E-state index is 5.96. The van der Waals surface area contributed by atoms with Gasteiger partial charge in [0.15, 0.2) is 0 Å². The Bertz CT molecular complexity index is 396. The number of benzene rings is 1. The van der Waals surface area contributed by atoms with Gasteiger partial charge in [0.05, 0.1) is 0 Å². The highest BCUT2D eigenvalue weighted by atomic mass is 35.5. The molecule has 1 unspecified atom stereocenters. The van der Waals surface area contributed by atoms with E-state index in [9.17, 15) is 0 Å². The monoisotopic (exact) mass is 294 g/mol. The smallest absolute Gasteiger partial charge is 0.0406 e. The Labute approximate surface area is 128 Å². The molecule has 1 fully saturated rings. The van der Waals surface area contributed by atoms with Gasteiger partial charge in [-0.25, -0.2) is 0 Å². The molecule has 2 nitrogen and oxygen atoms in total. The second-order valence-corrected chi connectivity index (χ2v) is 6.73. The summed E-state index contributed by atoms with van der Waals surface area (Å²) < 4.78 is 0. The van der Waals surface area contributed by atoms with Gasteiger partial charge < -0.3 is 5.73 Å². The number of hydrogen-bond acceptors (Lipinski definition) is 2. The van der Waals surface area contributed by atoms with Crippen LogP contribution in [0.2, 0.25) is 5.02 Å². The molecule has 0 spiro atoms. The zero-order valence-corrected chi connectivity index (χ0v) is 13.4. The molecule has 20 heavy (non-hydrogen) atoms. The third-order valence-electron chi connectivity index (χ3n) is 4.86. The number of hydrogen-bond donors (Lipinski definition) is 1. The van der Waals surface area contributed by atoms with E-state index in [0.717, 1.165) is 23.4 Å². The number of halogens is 1. The van der Waals surface area contributed by atoms with Crippen molar-refractivity contribution in [2.75, 3.05) is 20.1 Å². The van der Waals surface area contributed by atoms with Gasteiger partial charge in [-0.15, -0.1) is 0 Å². The van der Waals surface area contributed by atoms with Crippen LogP contribution in [0.25, 0.3) is 0 Å². The van der Waals surface area contributed by atoms with Crippen LogP contribution in [0.15, 0.2) is 24.3 Å². The minimum absolute atomic E-state index is 0.444. The molecule has 0 amide bonds. The lowest BCUT2D eigenvalue weighted by Gasteiger charge is -2.33. The van der Waals surface area contributed by atoms with Gasteiger partial charge in [0.1, 0.15) is 0 Å². The van der Waals surface area contributed by atoms with E-state index in [0.29, 0.717) is 6.04 Å². The van der Waals surface area contributed by atoms with Crippen molar-refractivity contribution in [3.8, 4) is 0 Å². The summed E-state index contributed by atoms with van der Waals surface area (Å²) in [6.07, 6.45) is 5.29. The van der Waals surface area contributed by atoms with Crippen LogP contribution in [0.5, 0.6) is 0 Å². The first-order valence-corrected chi connectivity index (χ1v) is 8.13. The average Bonchev–Trinajstić information content (AvgIpc) is 2.48. The zero-order valence-electron chi connectivity index (χ0n) is 12.7. The first-order valence-electron chi connectivity index (χ1n) is 7.76. The largest absolute Gasteiger partial charge is 0.330 e. The summed E-state index contributed by atoms with van der Waals surface area (Å²) in [5, 5.41) is 0.809. The molecule has 0 bridgehead atoms. The van der Waals surface area contributed by atoms with Crippen LogP contribution in [0.1, 0.15) is 44.2 Å². The average molecular weight is 295 g/mol. The molecule has 1 atom stereocenters. The van der Waals surface area contributed by atoms with Crippen LogP contribution in [0.3, 0.4) is 0 Å². The lowest BCUT2D eigenvalue weighted by Crippen LogP contribution is -2.31. The Morgan fingerprint density at radius 3 is 2.25 bits per heavy atom. The van der Waals surface area contributed by atoms with Crippen LogP contribution in [-0.2, 0) is 0 Å². The minimum atomic E-state index is 0.444. The van der Waals surface area contributed by atoms with E-state index in [-0.39, 0.29) is 0 Å². The SMILES string of the molecule is CC(c1ccc(Cl)cc1)N(C)CC1CCC(CN)CC1. The van der Waals surface area contributed by atoms with Gasteiger partial charge in [-0.05, 0) is 75.7 Å². The first-order chi connectivity index (χ1) is 9.60. The standard InChI is InChI=1S/C17H27ClN2/c1-13(16-7-9-17(18)10-8-16)20(2)12-15-5-3-14(11-19)4-6-15/h7-10,13-15H,3-6,11-12,19H2,1-2H3. The maximum atomic E-state index is 5.96. The molecule has 0 radical (unpaired) electrons. The van der Waals surface area contributed by atoms with E-state index >= 15 is 0 Å². The molecule has 1 aliphatic rings. The van der Waals surface area contributed by atoms with Gasteiger partial charge in [-0.3, -0.25) is 4.90 Å². The summed E-state index contributed by atoms with van der Waals surface area (Å²) in [5.41, 5.74) is 7.11. The van der Waals surface area contributed by atoms with Crippen molar-refractivity contribution in [3.63, 3.8) is 0 Å². The Kier molecular flexibility index (Phi) is 5.88. The predicted molar refractivity (Wildman–Crippen MR) is 87.0 cm³/mol. The van der Waals surface area contributed by atoms with Gasteiger partial charge in [0.25, 0.3) is 0 Å². The second-order valence-electron chi connectivity index (χ2n) is 6.29. The highest BCUT2D eigenvalue weighted by molar-refractivity contribution is 6.30. The van der Waals surface area contributed by atoms with Crippen molar-refractivity contribution in [1.29, 1.82) is 0 Å². The fraction of sp³-hybridized carbons (Fsp3) is 0.647. The molecule has 3 heteroatoms. The van der Waals surface area contributed by atoms with Crippen molar-refractivity contribution in [2.45, 2.75) is 38.6 Å². The normalized spacial score (nSPS) is 24.9. The second kappa shape index (κ2) is 7.44. The Morgan fingerprint density at radius 1 is 1.15 bits per heavy atom. The van der Waals surface area contributed by atoms with Gasteiger partial charge in [-0.1, -0.05) is 23.7 Å². The molecule has 0 aromatic heterocycles. The summed E-state index contributed by atoms with van der Waals surface area (Å²) in [5.74, 6) is 1.60. The van der Waals surface area contributed by atoms with Crippen molar-refractivity contribution in [1.82, 2.24) is 4.90 Å². The molecule has 1 aliphatic carbocycles. The van der Waals surface area contributed by atoms with Gasteiger partial charge in [-0.2, -0.15) is 0 Å².